The third-order valence-electron chi connectivity index (χ3n) is 3.87. The topological polar surface area (TPSA) is 70.7 Å². The van der Waals surface area contributed by atoms with Gasteiger partial charge >= 0.3 is 6.03 Å². The minimum Gasteiger partial charge on any atom is -0.491 e. The van der Waals surface area contributed by atoms with E-state index in [9.17, 15) is 9.59 Å². The molecule has 1 aromatic rings. The Morgan fingerprint density at radius 3 is 2.61 bits per heavy atom. The van der Waals surface area contributed by atoms with Gasteiger partial charge in [0, 0.05) is 26.1 Å². The number of likely N-dealkylation sites (tertiary alicyclic amines) is 1. The Kier molecular flexibility index (Phi) is 6.26. The van der Waals surface area contributed by atoms with Crippen molar-refractivity contribution in [3.8, 4) is 5.75 Å². The summed E-state index contributed by atoms with van der Waals surface area (Å²) in [6.07, 6.45) is 2.47. The molecule has 1 aliphatic heterocycles. The van der Waals surface area contributed by atoms with Crippen LogP contribution < -0.4 is 15.4 Å². The van der Waals surface area contributed by atoms with Crippen molar-refractivity contribution in [2.45, 2.75) is 39.2 Å². The predicted molar refractivity (Wildman–Crippen MR) is 89.7 cm³/mol. The highest BCUT2D eigenvalue weighted by Gasteiger charge is 2.22. The van der Waals surface area contributed by atoms with E-state index in [-0.39, 0.29) is 18.0 Å². The molecule has 6 heteroatoms. The second kappa shape index (κ2) is 8.41. The van der Waals surface area contributed by atoms with Crippen molar-refractivity contribution in [3.63, 3.8) is 0 Å². The van der Waals surface area contributed by atoms with Crippen molar-refractivity contribution < 1.29 is 14.3 Å². The van der Waals surface area contributed by atoms with Crippen LogP contribution in [0.15, 0.2) is 24.3 Å². The standard InChI is InChI=1S/C17H25N3O3/c1-3-12-23-16-7-5-4-6-15(16)19-17(22)18-14-8-10-20(11-9-14)13(2)21/h4-7,14H,3,8-12H2,1-2H3,(H2,18,19,22). The summed E-state index contributed by atoms with van der Waals surface area (Å²) in [5.74, 6) is 0.769. The Morgan fingerprint density at radius 2 is 1.96 bits per heavy atom. The van der Waals surface area contributed by atoms with Crippen molar-refractivity contribution in [3.05, 3.63) is 24.3 Å². The molecule has 126 valence electrons. The largest absolute Gasteiger partial charge is 0.491 e. The van der Waals surface area contributed by atoms with Crippen molar-refractivity contribution in [1.82, 2.24) is 10.2 Å². The summed E-state index contributed by atoms with van der Waals surface area (Å²) in [4.78, 5) is 25.3. The van der Waals surface area contributed by atoms with Crippen molar-refractivity contribution in [2.75, 3.05) is 25.0 Å². The quantitative estimate of drug-likeness (QED) is 0.876. The Morgan fingerprint density at radius 1 is 1.26 bits per heavy atom. The van der Waals surface area contributed by atoms with Crippen LogP contribution in [-0.4, -0.2) is 42.6 Å². The lowest BCUT2D eigenvalue weighted by atomic mass is 10.1. The first-order valence-corrected chi connectivity index (χ1v) is 8.15. The Labute approximate surface area is 137 Å². The number of anilines is 1. The van der Waals surface area contributed by atoms with Crippen LogP contribution in [0.3, 0.4) is 0 Å². The van der Waals surface area contributed by atoms with Crippen molar-refractivity contribution in [1.29, 1.82) is 0 Å². The van der Waals surface area contributed by atoms with Gasteiger partial charge < -0.3 is 20.3 Å². The van der Waals surface area contributed by atoms with E-state index < -0.39 is 0 Å². The molecule has 1 saturated heterocycles. The van der Waals surface area contributed by atoms with Gasteiger partial charge in [-0.3, -0.25) is 4.79 Å². The molecule has 0 saturated carbocycles. The molecule has 2 N–H and O–H groups in total. The zero-order valence-corrected chi connectivity index (χ0v) is 13.8. The third-order valence-corrected chi connectivity index (χ3v) is 3.87. The SMILES string of the molecule is CCCOc1ccccc1NC(=O)NC1CCN(C(C)=O)CC1. The molecule has 2 rings (SSSR count). The van der Waals surface area contributed by atoms with E-state index in [2.05, 4.69) is 10.6 Å². The molecule has 0 bridgehead atoms. The van der Waals surface area contributed by atoms with Gasteiger partial charge in [0.2, 0.25) is 5.91 Å². The maximum atomic E-state index is 12.2. The molecule has 0 aromatic heterocycles. The molecule has 1 aliphatic rings. The molecule has 23 heavy (non-hydrogen) atoms. The van der Waals surface area contributed by atoms with Crippen LogP contribution in [0.4, 0.5) is 10.5 Å². The number of amides is 3. The number of rotatable bonds is 5. The fraction of sp³-hybridized carbons (Fsp3) is 0.529. The van der Waals surface area contributed by atoms with Gasteiger partial charge in [-0.25, -0.2) is 4.79 Å². The second-order valence-electron chi connectivity index (χ2n) is 5.72. The van der Waals surface area contributed by atoms with E-state index in [1.807, 2.05) is 36.1 Å². The van der Waals surface area contributed by atoms with E-state index in [0.717, 1.165) is 19.3 Å². The number of carbonyl (C=O) groups is 2. The molecule has 0 aliphatic carbocycles. The van der Waals surface area contributed by atoms with Crippen LogP contribution in [0.25, 0.3) is 0 Å². The van der Waals surface area contributed by atoms with Gasteiger partial charge in [0.05, 0.1) is 12.3 Å². The molecule has 3 amide bonds. The highest BCUT2D eigenvalue weighted by Crippen LogP contribution is 2.23. The van der Waals surface area contributed by atoms with Crippen LogP contribution >= 0.6 is 0 Å². The number of hydrogen-bond acceptors (Lipinski definition) is 3. The monoisotopic (exact) mass is 319 g/mol. The van der Waals surface area contributed by atoms with Gasteiger partial charge in [-0.2, -0.15) is 0 Å². The molecule has 0 atom stereocenters. The highest BCUT2D eigenvalue weighted by molar-refractivity contribution is 5.91. The number of nitrogens with zero attached hydrogens (tertiary/aromatic N) is 1. The fourth-order valence-corrected chi connectivity index (χ4v) is 2.59. The summed E-state index contributed by atoms with van der Waals surface area (Å²) in [6, 6.07) is 7.26. The summed E-state index contributed by atoms with van der Waals surface area (Å²) < 4.78 is 5.63. The molecule has 0 radical (unpaired) electrons. The molecule has 6 nitrogen and oxygen atoms in total. The molecule has 0 spiro atoms. The number of nitrogens with one attached hydrogen (secondary N) is 2. The lowest BCUT2D eigenvalue weighted by molar-refractivity contribution is -0.129. The fourth-order valence-electron chi connectivity index (χ4n) is 2.59. The molecule has 1 aromatic carbocycles. The summed E-state index contributed by atoms with van der Waals surface area (Å²) >= 11 is 0. The first-order valence-electron chi connectivity index (χ1n) is 8.15. The Hall–Kier alpha value is -2.24. The smallest absolute Gasteiger partial charge is 0.319 e. The number of hydrogen-bond donors (Lipinski definition) is 2. The zero-order chi connectivity index (χ0) is 16.7. The first kappa shape index (κ1) is 17.1. The number of para-hydroxylation sites is 2. The minimum absolute atomic E-state index is 0.0920. The minimum atomic E-state index is -0.237. The number of urea groups is 1. The van der Waals surface area contributed by atoms with Gasteiger partial charge in [0.1, 0.15) is 5.75 Å². The van der Waals surface area contributed by atoms with Crippen LogP contribution in [0.5, 0.6) is 5.75 Å². The average molecular weight is 319 g/mol. The number of ether oxygens (including phenoxy) is 1. The van der Waals surface area contributed by atoms with Crippen LogP contribution in [-0.2, 0) is 4.79 Å². The Balaban J connectivity index is 1.85. The summed E-state index contributed by atoms with van der Waals surface area (Å²) in [5.41, 5.74) is 0.666. The third kappa shape index (κ3) is 5.16. The van der Waals surface area contributed by atoms with E-state index >= 15 is 0 Å². The molecule has 1 heterocycles. The van der Waals surface area contributed by atoms with Gasteiger partial charge in [-0.15, -0.1) is 0 Å². The number of carbonyl (C=O) groups excluding carboxylic acids is 2. The molecule has 1 fully saturated rings. The summed E-state index contributed by atoms with van der Waals surface area (Å²) in [5, 5.41) is 5.81. The number of piperidine rings is 1. The highest BCUT2D eigenvalue weighted by atomic mass is 16.5. The van der Waals surface area contributed by atoms with Gasteiger partial charge in [0.15, 0.2) is 0 Å². The van der Waals surface area contributed by atoms with E-state index in [1.54, 1.807) is 6.92 Å². The normalized spacial score (nSPS) is 15.1. The molecular formula is C17H25N3O3. The van der Waals surface area contributed by atoms with E-state index in [0.29, 0.717) is 31.1 Å². The van der Waals surface area contributed by atoms with Crippen LogP contribution in [0.1, 0.15) is 33.1 Å². The van der Waals surface area contributed by atoms with Gasteiger partial charge in [-0.05, 0) is 31.4 Å². The lowest BCUT2D eigenvalue weighted by Gasteiger charge is -2.31. The van der Waals surface area contributed by atoms with Crippen molar-refractivity contribution in [2.24, 2.45) is 0 Å². The van der Waals surface area contributed by atoms with E-state index in [1.165, 1.54) is 0 Å². The Bertz CT molecular complexity index is 540. The molecule has 0 unspecified atom stereocenters. The summed E-state index contributed by atoms with van der Waals surface area (Å²) in [7, 11) is 0. The lowest BCUT2D eigenvalue weighted by Crippen LogP contribution is -2.47. The zero-order valence-electron chi connectivity index (χ0n) is 13.8. The first-order chi connectivity index (χ1) is 11.1. The van der Waals surface area contributed by atoms with Crippen molar-refractivity contribution >= 4 is 17.6 Å². The van der Waals surface area contributed by atoms with Crippen LogP contribution in [0.2, 0.25) is 0 Å². The number of benzene rings is 1. The maximum absolute atomic E-state index is 12.2. The second-order valence-corrected chi connectivity index (χ2v) is 5.72. The van der Waals surface area contributed by atoms with Gasteiger partial charge in [0.25, 0.3) is 0 Å². The van der Waals surface area contributed by atoms with E-state index in [4.69, 9.17) is 4.74 Å². The molecular weight excluding hydrogens is 294 g/mol. The maximum Gasteiger partial charge on any atom is 0.319 e. The summed E-state index contributed by atoms with van der Waals surface area (Å²) in [6.45, 7) is 5.61. The van der Waals surface area contributed by atoms with Gasteiger partial charge in [-0.1, -0.05) is 19.1 Å². The average Bonchev–Trinajstić information content (AvgIpc) is 2.54. The predicted octanol–water partition coefficient (Wildman–Crippen LogP) is 2.61. The van der Waals surface area contributed by atoms with Crippen LogP contribution in [0, 0.1) is 0 Å².